The first kappa shape index (κ1) is 18.7. The van der Waals surface area contributed by atoms with Crippen LogP contribution >= 0.6 is 0 Å². The maximum atomic E-state index is 13.1. The van der Waals surface area contributed by atoms with Crippen molar-refractivity contribution < 1.29 is 9.59 Å². The van der Waals surface area contributed by atoms with Crippen molar-refractivity contribution in [2.75, 3.05) is 24.5 Å². The molecule has 2 aliphatic heterocycles. The Hall–Kier alpha value is -2.62. The first-order valence-electron chi connectivity index (χ1n) is 10.3. The summed E-state index contributed by atoms with van der Waals surface area (Å²) in [4.78, 5) is 29.5. The van der Waals surface area contributed by atoms with Crippen LogP contribution in [0.15, 0.2) is 48.5 Å². The van der Waals surface area contributed by atoms with Crippen molar-refractivity contribution in [2.45, 2.75) is 39.0 Å². The highest BCUT2D eigenvalue weighted by Gasteiger charge is 2.33. The second kappa shape index (κ2) is 8.17. The summed E-state index contributed by atoms with van der Waals surface area (Å²) in [7, 11) is 0. The van der Waals surface area contributed by atoms with E-state index in [1.54, 1.807) is 0 Å². The number of aryl methyl sites for hydroxylation is 2. The topological polar surface area (TPSA) is 40.6 Å². The molecule has 0 aliphatic carbocycles. The molecule has 2 aromatic rings. The third kappa shape index (κ3) is 3.96. The van der Waals surface area contributed by atoms with E-state index in [9.17, 15) is 9.59 Å². The van der Waals surface area contributed by atoms with Gasteiger partial charge in [-0.05, 0) is 55.4 Å². The standard InChI is InChI=1S/C24H28N2O2/c1-18-7-9-20-13-16-26(22(20)17-18)24(28)21-11-14-25(15-12-21)23(27)10-8-19-5-3-2-4-6-19/h2-7,9,17,21H,8,10-16H2,1H3. The quantitative estimate of drug-likeness (QED) is 0.815. The van der Waals surface area contributed by atoms with Crippen LogP contribution in [0.4, 0.5) is 5.69 Å². The monoisotopic (exact) mass is 376 g/mol. The summed E-state index contributed by atoms with van der Waals surface area (Å²) in [5.41, 5.74) is 4.75. The molecule has 2 heterocycles. The fraction of sp³-hybridized carbons (Fsp3) is 0.417. The lowest BCUT2D eigenvalue weighted by atomic mass is 9.94. The van der Waals surface area contributed by atoms with E-state index in [1.807, 2.05) is 28.0 Å². The first-order valence-corrected chi connectivity index (χ1v) is 10.3. The van der Waals surface area contributed by atoms with E-state index >= 15 is 0 Å². The molecular formula is C24H28N2O2. The number of likely N-dealkylation sites (tertiary alicyclic amines) is 1. The third-order valence-electron chi connectivity index (χ3n) is 6.07. The SMILES string of the molecule is Cc1ccc2c(c1)N(C(=O)C1CCN(C(=O)CCc3ccccc3)CC1)CC2. The maximum absolute atomic E-state index is 13.1. The number of carbonyl (C=O) groups excluding carboxylic acids is 2. The highest BCUT2D eigenvalue weighted by atomic mass is 16.2. The predicted octanol–water partition coefficient (Wildman–Crippen LogP) is 3.76. The summed E-state index contributed by atoms with van der Waals surface area (Å²) >= 11 is 0. The summed E-state index contributed by atoms with van der Waals surface area (Å²) in [6.45, 7) is 4.24. The van der Waals surface area contributed by atoms with Crippen LogP contribution in [-0.2, 0) is 22.4 Å². The molecule has 0 bridgehead atoms. The number of hydrogen-bond acceptors (Lipinski definition) is 2. The molecule has 2 aliphatic rings. The fourth-order valence-corrected chi connectivity index (χ4v) is 4.37. The van der Waals surface area contributed by atoms with Gasteiger partial charge in [-0.2, -0.15) is 0 Å². The third-order valence-corrected chi connectivity index (χ3v) is 6.07. The normalized spacial score (nSPS) is 16.9. The zero-order valence-corrected chi connectivity index (χ0v) is 16.6. The highest BCUT2D eigenvalue weighted by Crippen LogP contribution is 2.32. The molecule has 2 aromatic carbocycles. The van der Waals surface area contributed by atoms with Crippen LogP contribution < -0.4 is 4.90 Å². The van der Waals surface area contributed by atoms with Crippen molar-refractivity contribution in [1.29, 1.82) is 0 Å². The Labute approximate surface area is 167 Å². The van der Waals surface area contributed by atoms with Gasteiger partial charge in [-0.3, -0.25) is 9.59 Å². The van der Waals surface area contributed by atoms with E-state index in [-0.39, 0.29) is 17.7 Å². The molecular weight excluding hydrogens is 348 g/mol. The molecule has 4 nitrogen and oxygen atoms in total. The fourth-order valence-electron chi connectivity index (χ4n) is 4.37. The number of rotatable bonds is 4. The average Bonchev–Trinajstić information content (AvgIpc) is 3.15. The molecule has 0 radical (unpaired) electrons. The summed E-state index contributed by atoms with van der Waals surface area (Å²) < 4.78 is 0. The van der Waals surface area contributed by atoms with Gasteiger partial charge in [-0.15, -0.1) is 0 Å². The average molecular weight is 377 g/mol. The molecule has 0 spiro atoms. The molecule has 4 rings (SSSR count). The first-order chi connectivity index (χ1) is 13.6. The Bertz CT molecular complexity index is 854. The molecule has 4 heteroatoms. The lowest BCUT2D eigenvalue weighted by Gasteiger charge is -2.33. The van der Waals surface area contributed by atoms with Gasteiger partial charge in [-0.1, -0.05) is 42.5 Å². The lowest BCUT2D eigenvalue weighted by Crippen LogP contribution is -2.44. The van der Waals surface area contributed by atoms with E-state index in [1.165, 1.54) is 16.7 Å². The Kier molecular flexibility index (Phi) is 5.47. The molecule has 1 fully saturated rings. The van der Waals surface area contributed by atoms with Gasteiger partial charge < -0.3 is 9.80 Å². The summed E-state index contributed by atoms with van der Waals surface area (Å²) in [6.07, 6.45) is 3.81. The van der Waals surface area contributed by atoms with Crippen molar-refractivity contribution in [2.24, 2.45) is 5.92 Å². The van der Waals surface area contributed by atoms with Crippen molar-refractivity contribution in [3.63, 3.8) is 0 Å². The molecule has 28 heavy (non-hydrogen) atoms. The zero-order valence-electron chi connectivity index (χ0n) is 16.6. The van der Waals surface area contributed by atoms with Crippen LogP contribution in [0.5, 0.6) is 0 Å². The van der Waals surface area contributed by atoms with Crippen molar-refractivity contribution >= 4 is 17.5 Å². The van der Waals surface area contributed by atoms with E-state index in [4.69, 9.17) is 0 Å². The number of piperidine rings is 1. The Balaban J connectivity index is 1.30. The predicted molar refractivity (Wildman–Crippen MR) is 111 cm³/mol. The van der Waals surface area contributed by atoms with Gasteiger partial charge in [0.15, 0.2) is 0 Å². The number of hydrogen-bond donors (Lipinski definition) is 0. The van der Waals surface area contributed by atoms with Gasteiger partial charge in [0.1, 0.15) is 0 Å². The number of carbonyl (C=O) groups is 2. The summed E-state index contributed by atoms with van der Waals surface area (Å²) in [6, 6.07) is 16.5. The Morgan fingerprint density at radius 3 is 2.50 bits per heavy atom. The van der Waals surface area contributed by atoms with Crippen molar-refractivity contribution in [3.8, 4) is 0 Å². The van der Waals surface area contributed by atoms with Gasteiger partial charge in [0.25, 0.3) is 0 Å². The number of anilines is 1. The molecule has 0 saturated carbocycles. The van der Waals surface area contributed by atoms with Crippen LogP contribution in [-0.4, -0.2) is 36.3 Å². The van der Waals surface area contributed by atoms with Gasteiger partial charge >= 0.3 is 0 Å². The maximum Gasteiger partial charge on any atom is 0.230 e. The van der Waals surface area contributed by atoms with Gasteiger partial charge in [0.2, 0.25) is 11.8 Å². The minimum Gasteiger partial charge on any atom is -0.343 e. The summed E-state index contributed by atoms with van der Waals surface area (Å²) in [5.74, 6) is 0.474. The highest BCUT2D eigenvalue weighted by molar-refractivity contribution is 5.97. The van der Waals surface area contributed by atoms with Crippen LogP contribution in [0.1, 0.15) is 36.0 Å². The molecule has 146 valence electrons. The number of benzene rings is 2. The number of nitrogens with zero attached hydrogens (tertiary/aromatic N) is 2. The van der Waals surface area contributed by atoms with E-state index in [0.717, 1.165) is 37.9 Å². The Morgan fingerprint density at radius 2 is 1.75 bits per heavy atom. The van der Waals surface area contributed by atoms with Crippen LogP contribution in [0, 0.1) is 12.8 Å². The van der Waals surface area contributed by atoms with Crippen LogP contribution in [0.25, 0.3) is 0 Å². The van der Waals surface area contributed by atoms with Crippen molar-refractivity contribution in [3.05, 3.63) is 65.2 Å². The van der Waals surface area contributed by atoms with Crippen LogP contribution in [0.3, 0.4) is 0 Å². The second-order valence-corrected chi connectivity index (χ2v) is 8.01. The van der Waals surface area contributed by atoms with E-state index < -0.39 is 0 Å². The number of fused-ring (bicyclic) bond motifs is 1. The molecule has 2 amide bonds. The molecule has 0 unspecified atom stereocenters. The van der Waals surface area contributed by atoms with Crippen LogP contribution in [0.2, 0.25) is 0 Å². The number of amides is 2. The van der Waals surface area contributed by atoms with Gasteiger partial charge in [-0.25, -0.2) is 0 Å². The smallest absolute Gasteiger partial charge is 0.230 e. The second-order valence-electron chi connectivity index (χ2n) is 8.01. The lowest BCUT2D eigenvalue weighted by molar-refractivity contribution is -0.134. The van der Waals surface area contributed by atoms with Gasteiger partial charge in [0, 0.05) is 37.7 Å². The van der Waals surface area contributed by atoms with E-state index in [2.05, 4.69) is 37.3 Å². The molecule has 0 atom stereocenters. The molecule has 1 saturated heterocycles. The Morgan fingerprint density at radius 1 is 1.00 bits per heavy atom. The minimum atomic E-state index is 0.0321. The minimum absolute atomic E-state index is 0.0321. The van der Waals surface area contributed by atoms with Gasteiger partial charge in [0.05, 0.1) is 0 Å². The summed E-state index contributed by atoms with van der Waals surface area (Å²) in [5, 5.41) is 0. The van der Waals surface area contributed by atoms with E-state index in [0.29, 0.717) is 19.5 Å². The largest absolute Gasteiger partial charge is 0.343 e. The van der Waals surface area contributed by atoms with Crippen molar-refractivity contribution in [1.82, 2.24) is 4.90 Å². The molecule has 0 N–H and O–H groups in total. The zero-order chi connectivity index (χ0) is 19.5. The molecule has 0 aromatic heterocycles.